The minimum atomic E-state index is -3.72. The molecule has 7 aromatic rings. The molecule has 0 saturated carbocycles. The first-order valence-corrected chi connectivity index (χ1v) is 20.6. The van der Waals surface area contributed by atoms with Gasteiger partial charge >= 0.3 is 0 Å². The first-order valence-electron chi connectivity index (χ1n) is 17.5. The maximum Gasteiger partial charge on any atom is 0.296 e. The summed E-state index contributed by atoms with van der Waals surface area (Å²) in [5.41, 5.74) is 6.79. The fraction of sp³-hybridized carbons (Fsp3) is 0.220. The molecule has 55 heavy (non-hydrogen) atoms. The second-order valence-corrected chi connectivity index (χ2v) is 16.0. The first-order chi connectivity index (χ1) is 26.7. The molecular weight excluding hydrogens is 759 g/mol. The average molecular weight is 800 g/mol. The van der Waals surface area contributed by atoms with Crippen molar-refractivity contribution in [1.82, 2.24) is 9.97 Å². The van der Waals surface area contributed by atoms with Crippen LogP contribution in [0.1, 0.15) is 18.4 Å². The molecule has 0 radical (unpaired) electrons. The summed E-state index contributed by atoms with van der Waals surface area (Å²) in [5.74, 6) is 1.00. The Labute approximate surface area is 327 Å². The van der Waals surface area contributed by atoms with Crippen LogP contribution in [0.3, 0.4) is 0 Å². The molecule has 14 heteroatoms. The molecule has 0 atom stereocenters. The van der Waals surface area contributed by atoms with Gasteiger partial charge < -0.3 is 25.2 Å². The van der Waals surface area contributed by atoms with Crippen molar-refractivity contribution < 1.29 is 31.6 Å². The molecule has 0 fully saturated rings. The Kier molecular flexibility index (Phi) is 13.6. The van der Waals surface area contributed by atoms with Gasteiger partial charge in [0.25, 0.3) is 10.1 Å². The first kappa shape index (κ1) is 39.6. The summed E-state index contributed by atoms with van der Waals surface area (Å²) in [6, 6.07) is 33.5. The molecule has 5 aromatic carbocycles. The van der Waals surface area contributed by atoms with Gasteiger partial charge in [-0.2, -0.15) is 8.42 Å². The Hall–Kier alpha value is -5.12. The van der Waals surface area contributed by atoms with E-state index in [1.165, 1.54) is 0 Å². The number of aryl methyl sites for hydroxylation is 1. The average Bonchev–Trinajstić information content (AvgIpc) is 3.82. The van der Waals surface area contributed by atoms with Crippen molar-refractivity contribution in [2.75, 3.05) is 50.9 Å². The van der Waals surface area contributed by atoms with Crippen LogP contribution in [0.5, 0.6) is 11.5 Å². The van der Waals surface area contributed by atoms with Gasteiger partial charge in [-0.15, -0.1) is 22.7 Å². The fourth-order valence-electron chi connectivity index (χ4n) is 5.29. The summed E-state index contributed by atoms with van der Waals surface area (Å²) < 4.78 is 54.1. The summed E-state index contributed by atoms with van der Waals surface area (Å²) >= 11 is 3.15. The molecule has 0 aliphatic rings. The van der Waals surface area contributed by atoms with Crippen molar-refractivity contribution in [2.24, 2.45) is 0 Å². The van der Waals surface area contributed by atoms with Crippen LogP contribution in [0, 0.1) is 6.92 Å². The number of aromatic hydroxyl groups is 1. The predicted octanol–water partition coefficient (Wildman–Crippen LogP) is 9.90. The number of rotatable bonds is 16. The van der Waals surface area contributed by atoms with Crippen LogP contribution < -0.4 is 15.4 Å². The highest BCUT2D eigenvalue weighted by Gasteiger charge is 2.14. The van der Waals surface area contributed by atoms with Crippen molar-refractivity contribution in [2.45, 2.75) is 24.7 Å². The number of thiazole rings is 2. The van der Waals surface area contributed by atoms with Crippen LogP contribution in [0.25, 0.3) is 41.6 Å². The van der Waals surface area contributed by atoms with Gasteiger partial charge in [0.15, 0.2) is 6.79 Å². The van der Waals surface area contributed by atoms with Crippen molar-refractivity contribution in [3.05, 3.63) is 115 Å². The van der Waals surface area contributed by atoms with E-state index in [0.717, 1.165) is 64.3 Å². The minimum Gasteiger partial charge on any atom is -0.508 e. The number of nitrogens with one attached hydrogen (secondary N) is 2. The van der Waals surface area contributed by atoms with E-state index >= 15 is 0 Å². The van der Waals surface area contributed by atoms with E-state index in [1.54, 1.807) is 66.2 Å². The van der Waals surface area contributed by atoms with Crippen LogP contribution in [0.2, 0.25) is 0 Å². The summed E-state index contributed by atoms with van der Waals surface area (Å²) in [6.07, 6.45) is 1.07. The van der Waals surface area contributed by atoms with Gasteiger partial charge in [-0.1, -0.05) is 17.7 Å². The number of nitrogens with zero attached hydrogens (tertiary/aromatic N) is 2. The highest BCUT2D eigenvalue weighted by atomic mass is 32.2. The maximum atomic E-state index is 12.2. The Balaban J connectivity index is 0.000000209. The molecule has 3 N–H and O–H groups in total. The summed E-state index contributed by atoms with van der Waals surface area (Å²) in [7, 11) is -2.13. The summed E-state index contributed by atoms with van der Waals surface area (Å²) in [4.78, 5) is 9.45. The normalized spacial score (nSPS) is 11.3. The number of hydrogen-bond acceptors (Lipinski definition) is 12. The van der Waals surface area contributed by atoms with Gasteiger partial charge in [0.1, 0.15) is 21.5 Å². The van der Waals surface area contributed by atoms with Crippen molar-refractivity contribution in [3.63, 3.8) is 0 Å². The number of ether oxygens (including phenoxy) is 2. The second-order valence-electron chi connectivity index (χ2n) is 12.4. The Morgan fingerprint density at radius 2 is 1.29 bits per heavy atom. The van der Waals surface area contributed by atoms with Crippen LogP contribution in [0.15, 0.2) is 114 Å². The lowest BCUT2D eigenvalue weighted by Gasteiger charge is -2.08. The topological polar surface area (TPSA) is 132 Å². The van der Waals surface area contributed by atoms with Gasteiger partial charge in [0, 0.05) is 42.7 Å². The molecule has 0 aliphatic carbocycles. The van der Waals surface area contributed by atoms with Crippen LogP contribution >= 0.6 is 22.7 Å². The summed E-state index contributed by atoms with van der Waals surface area (Å²) in [6.45, 7) is 3.15. The van der Waals surface area contributed by atoms with Crippen LogP contribution in [-0.4, -0.2) is 63.8 Å². The van der Waals surface area contributed by atoms with E-state index in [1.807, 2.05) is 79.7 Å². The number of halogens is 1. The van der Waals surface area contributed by atoms with Crippen LogP contribution in [-0.2, 0) is 19.0 Å². The van der Waals surface area contributed by atoms with E-state index in [4.69, 9.17) is 18.6 Å². The van der Waals surface area contributed by atoms with Gasteiger partial charge in [0.2, 0.25) is 0 Å². The minimum absolute atomic E-state index is 0.114. The third kappa shape index (κ3) is 11.0. The van der Waals surface area contributed by atoms with Crippen molar-refractivity contribution in [3.8, 4) is 32.6 Å². The Bertz CT molecular complexity index is 2400. The van der Waals surface area contributed by atoms with Crippen LogP contribution in [0.4, 0.5) is 15.8 Å². The summed E-state index contributed by atoms with van der Waals surface area (Å²) in [5, 5.41) is 17.8. The molecular formula is C41H41FN4O6S3. The lowest BCUT2D eigenvalue weighted by molar-refractivity contribution is 0.0512. The Morgan fingerprint density at radius 1 is 0.727 bits per heavy atom. The molecule has 0 bridgehead atoms. The number of alkyl halides is 1. The quantitative estimate of drug-likeness (QED) is 0.0493. The SMILES string of the molecule is COCOc1ccc2nc(-c3ccc(NCCCOS(=O)(=O)c4ccc(C)cc4)cc3)sc2c1.Oc1ccc2nc(-c3ccc(NCCC[18F])cc3)sc2c1. The van der Waals surface area contributed by atoms with Gasteiger partial charge in [-0.05, 0) is 117 Å². The number of benzene rings is 5. The van der Waals surface area contributed by atoms with Gasteiger partial charge in [-0.25, -0.2) is 9.97 Å². The largest absolute Gasteiger partial charge is 0.508 e. The molecule has 286 valence electrons. The number of anilines is 2. The van der Waals surface area contributed by atoms with E-state index in [0.29, 0.717) is 25.9 Å². The van der Waals surface area contributed by atoms with E-state index < -0.39 is 10.1 Å². The number of fused-ring (bicyclic) bond motifs is 2. The molecule has 0 unspecified atom stereocenters. The molecule has 2 heterocycles. The predicted molar refractivity (Wildman–Crippen MR) is 221 cm³/mol. The smallest absolute Gasteiger partial charge is 0.296 e. The molecule has 7 rings (SSSR count). The van der Waals surface area contributed by atoms with Gasteiger partial charge in [0.05, 0.1) is 38.6 Å². The Morgan fingerprint density at radius 3 is 1.87 bits per heavy atom. The maximum absolute atomic E-state index is 12.2. The second kappa shape index (κ2) is 19.0. The number of phenolic OH excluding ortho intramolecular Hbond substituents is 1. The van der Waals surface area contributed by atoms with E-state index in [2.05, 4.69) is 15.6 Å². The molecule has 2 aromatic heterocycles. The number of aromatic nitrogens is 2. The fourth-order valence-corrected chi connectivity index (χ4v) is 8.24. The van der Waals surface area contributed by atoms with E-state index in [-0.39, 0.29) is 30.7 Å². The standard InChI is InChI=1S/C25H26N2O5S2.C16H15FN2OS/c1-18-4-11-22(12-5-18)34(28,29)32-15-3-14-26-20-8-6-19(7-9-20)25-27-23-13-10-21(31-17-30-2)16-24(23)33-25;17-8-1-9-18-12-4-2-11(3-5-12)16-19-14-7-6-13(20)10-15(14)21-16/h4-13,16,26H,3,14-15,17H2,1-2H3;2-7,10,18,20H,1,8-9H2/i;17-1. The molecule has 0 saturated heterocycles. The molecule has 0 spiro atoms. The number of phenols is 1. The highest BCUT2D eigenvalue weighted by molar-refractivity contribution is 7.86. The highest BCUT2D eigenvalue weighted by Crippen LogP contribution is 2.34. The molecule has 0 aliphatic heterocycles. The zero-order valence-corrected chi connectivity index (χ0v) is 32.8. The van der Waals surface area contributed by atoms with Gasteiger partial charge in [-0.3, -0.25) is 8.57 Å². The monoisotopic (exact) mass is 799 g/mol. The van der Waals surface area contributed by atoms with Crippen molar-refractivity contribution >= 4 is 64.6 Å². The third-order valence-electron chi connectivity index (χ3n) is 8.18. The third-order valence-corrected chi connectivity index (χ3v) is 11.6. The number of methoxy groups -OCH3 is 1. The van der Waals surface area contributed by atoms with E-state index in [9.17, 15) is 17.9 Å². The molecule has 10 nitrogen and oxygen atoms in total. The number of hydrogen-bond donors (Lipinski definition) is 3. The zero-order chi connectivity index (χ0) is 38.6. The lowest BCUT2D eigenvalue weighted by Crippen LogP contribution is -2.11. The molecule has 0 amide bonds. The van der Waals surface area contributed by atoms with Crippen molar-refractivity contribution in [1.29, 1.82) is 0 Å². The zero-order valence-electron chi connectivity index (χ0n) is 30.3. The lowest BCUT2D eigenvalue weighted by atomic mass is 10.2.